The molecule has 6 heteroatoms. The van der Waals surface area contributed by atoms with Gasteiger partial charge in [-0.3, -0.25) is 9.59 Å². The van der Waals surface area contributed by atoms with Crippen LogP contribution in [0.15, 0.2) is 72.1 Å². The molecule has 34 heavy (non-hydrogen) atoms. The number of piperidine rings is 1. The summed E-state index contributed by atoms with van der Waals surface area (Å²) in [6.45, 7) is 3.24. The largest absolute Gasteiger partial charge is 0.508 e. The Balaban J connectivity index is 1.41. The third-order valence-electron chi connectivity index (χ3n) is 6.82. The van der Waals surface area contributed by atoms with Crippen molar-refractivity contribution in [3.05, 3.63) is 88.1 Å². The number of nitrogens with zero attached hydrogens (tertiary/aromatic N) is 2. The van der Waals surface area contributed by atoms with Crippen LogP contribution in [0, 0.1) is 12.8 Å². The van der Waals surface area contributed by atoms with Gasteiger partial charge in [-0.15, -0.1) is 11.3 Å². The predicted molar refractivity (Wildman–Crippen MR) is 136 cm³/mol. The molecule has 0 aliphatic carbocycles. The van der Waals surface area contributed by atoms with Gasteiger partial charge in [0.15, 0.2) is 0 Å². The van der Waals surface area contributed by atoms with E-state index in [1.54, 1.807) is 23.5 Å². The van der Waals surface area contributed by atoms with E-state index in [9.17, 15) is 14.7 Å². The first kappa shape index (κ1) is 22.4. The minimum absolute atomic E-state index is 0.0689. The van der Waals surface area contributed by atoms with Crippen molar-refractivity contribution < 1.29 is 14.7 Å². The van der Waals surface area contributed by atoms with E-state index in [2.05, 4.69) is 6.08 Å². The maximum Gasteiger partial charge on any atom is 0.228 e. The number of phenols is 1. The fraction of sp³-hybridized carbons (Fsp3) is 0.286. The van der Waals surface area contributed by atoms with E-state index in [1.807, 2.05) is 70.6 Å². The van der Waals surface area contributed by atoms with Gasteiger partial charge >= 0.3 is 0 Å². The van der Waals surface area contributed by atoms with Crippen molar-refractivity contribution >= 4 is 34.4 Å². The molecule has 1 saturated heterocycles. The van der Waals surface area contributed by atoms with Gasteiger partial charge in [0.1, 0.15) is 5.75 Å². The van der Waals surface area contributed by atoms with Crippen molar-refractivity contribution in [2.45, 2.75) is 32.2 Å². The van der Waals surface area contributed by atoms with Crippen molar-refractivity contribution in [2.75, 3.05) is 18.0 Å². The lowest BCUT2D eigenvalue weighted by atomic mass is 9.85. The van der Waals surface area contributed by atoms with Crippen LogP contribution in [0.4, 0.5) is 5.69 Å². The number of hydrogen-bond acceptors (Lipinski definition) is 4. The Morgan fingerprint density at radius 2 is 1.79 bits per heavy atom. The zero-order valence-electron chi connectivity index (χ0n) is 19.2. The summed E-state index contributed by atoms with van der Waals surface area (Å²) in [5, 5.41) is 11.6. The van der Waals surface area contributed by atoms with Gasteiger partial charge in [-0.05, 0) is 66.6 Å². The fourth-order valence-electron chi connectivity index (χ4n) is 4.99. The Kier molecular flexibility index (Phi) is 6.24. The van der Waals surface area contributed by atoms with E-state index in [-0.39, 0.29) is 29.5 Å². The molecule has 2 aromatic carbocycles. The van der Waals surface area contributed by atoms with Crippen molar-refractivity contribution in [2.24, 2.45) is 5.92 Å². The first-order valence-electron chi connectivity index (χ1n) is 11.7. The molecule has 1 N–H and O–H groups in total. The normalized spacial score (nSPS) is 20.9. The number of carbonyl (C=O) groups is 2. The van der Waals surface area contributed by atoms with Crippen LogP contribution in [0.3, 0.4) is 0 Å². The van der Waals surface area contributed by atoms with Gasteiger partial charge in [-0.25, -0.2) is 0 Å². The van der Waals surface area contributed by atoms with E-state index in [0.29, 0.717) is 25.9 Å². The molecule has 5 rings (SSSR count). The monoisotopic (exact) mass is 472 g/mol. The molecule has 0 spiro atoms. The maximum atomic E-state index is 13.8. The number of aryl methyl sites for hydroxylation is 1. The van der Waals surface area contributed by atoms with Gasteiger partial charge in [-0.2, -0.15) is 0 Å². The van der Waals surface area contributed by atoms with Crippen LogP contribution in [-0.2, 0) is 9.59 Å². The molecule has 2 atom stereocenters. The lowest BCUT2D eigenvalue weighted by Gasteiger charge is -2.42. The molecule has 0 radical (unpaired) electrons. The lowest BCUT2D eigenvalue weighted by Crippen LogP contribution is -2.49. The summed E-state index contributed by atoms with van der Waals surface area (Å²) in [6, 6.07) is 18.9. The van der Waals surface area contributed by atoms with Crippen molar-refractivity contribution in [1.29, 1.82) is 0 Å². The quantitative estimate of drug-likeness (QED) is 0.541. The standard InChI is InChI=1S/C28H28N2O3S/c1-19-4-8-22(9-5-19)30-26(32)13-12-24(27(30)25-3-2-18-34-25)28(33)29-16-14-21(15-17-29)20-6-10-23(31)11-7-20/h2-11,14,18,24,27,31H,12-13,15-17H2,1H3. The van der Waals surface area contributed by atoms with Crippen LogP contribution in [0.5, 0.6) is 5.75 Å². The Labute approximate surface area is 204 Å². The van der Waals surface area contributed by atoms with Gasteiger partial charge in [-0.1, -0.05) is 42.0 Å². The molecular formula is C28H28N2O3S. The topological polar surface area (TPSA) is 60.9 Å². The average Bonchev–Trinajstić information content (AvgIpc) is 3.39. The molecule has 2 amide bonds. The van der Waals surface area contributed by atoms with Crippen LogP contribution >= 0.6 is 11.3 Å². The Morgan fingerprint density at radius 3 is 2.44 bits per heavy atom. The van der Waals surface area contributed by atoms with Crippen LogP contribution in [0.2, 0.25) is 0 Å². The van der Waals surface area contributed by atoms with Gasteiger partial charge in [0.25, 0.3) is 0 Å². The molecule has 5 nitrogen and oxygen atoms in total. The third kappa shape index (κ3) is 4.38. The van der Waals surface area contributed by atoms with Crippen molar-refractivity contribution in [3.8, 4) is 5.75 Å². The second kappa shape index (κ2) is 9.47. The highest BCUT2D eigenvalue weighted by Gasteiger charge is 2.43. The number of aromatic hydroxyl groups is 1. The number of anilines is 1. The number of hydrogen-bond donors (Lipinski definition) is 1. The van der Waals surface area contributed by atoms with Gasteiger partial charge in [0.2, 0.25) is 11.8 Å². The van der Waals surface area contributed by atoms with Crippen LogP contribution in [0.25, 0.3) is 5.57 Å². The Hall–Kier alpha value is -3.38. The first-order chi connectivity index (χ1) is 16.5. The van der Waals surface area contributed by atoms with Gasteiger partial charge in [0, 0.05) is 30.1 Å². The maximum absolute atomic E-state index is 13.8. The van der Waals surface area contributed by atoms with Crippen LogP contribution in [0.1, 0.15) is 41.3 Å². The zero-order chi connectivity index (χ0) is 23.7. The minimum Gasteiger partial charge on any atom is -0.508 e. The highest BCUT2D eigenvalue weighted by molar-refractivity contribution is 7.10. The van der Waals surface area contributed by atoms with E-state index in [4.69, 9.17) is 0 Å². The molecule has 3 heterocycles. The average molecular weight is 473 g/mol. The molecule has 0 saturated carbocycles. The van der Waals surface area contributed by atoms with Crippen LogP contribution in [-0.4, -0.2) is 34.9 Å². The Morgan fingerprint density at radius 1 is 1.03 bits per heavy atom. The second-order valence-corrected chi connectivity index (χ2v) is 9.99. The number of carbonyl (C=O) groups excluding carboxylic acids is 2. The Bertz CT molecular complexity index is 1200. The molecule has 3 aromatic rings. The molecule has 1 aromatic heterocycles. The minimum atomic E-state index is -0.293. The second-order valence-electron chi connectivity index (χ2n) is 9.02. The summed E-state index contributed by atoms with van der Waals surface area (Å²) in [7, 11) is 0. The number of rotatable bonds is 4. The molecule has 2 unspecified atom stereocenters. The molecule has 1 fully saturated rings. The third-order valence-corrected chi connectivity index (χ3v) is 7.76. The molecular weight excluding hydrogens is 444 g/mol. The predicted octanol–water partition coefficient (Wildman–Crippen LogP) is 5.56. The van der Waals surface area contributed by atoms with E-state index >= 15 is 0 Å². The summed E-state index contributed by atoms with van der Waals surface area (Å²) < 4.78 is 0. The highest BCUT2D eigenvalue weighted by Crippen LogP contribution is 2.42. The molecule has 174 valence electrons. The smallest absolute Gasteiger partial charge is 0.228 e. The SMILES string of the molecule is Cc1ccc(N2C(=O)CCC(C(=O)N3CC=C(c4ccc(O)cc4)CC3)C2c2cccs2)cc1. The first-order valence-corrected chi connectivity index (χ1v) is 12.6. The summed E-state index contributed by atoms with van der Waals surface area (Å²) in [5.41, 5.74) is 4.26. The number of phenolic OH excluding ortho intramolecular Hbond substituents is 1. The molecule has 0 bridgehead atoms. The highest BCUT2D eigenvalue weighted by atomic mass is 32.1. The van der Waals surface area contributed by atoms with Crippen molar-refractivity contribution in [3.63, 3.8) is 0 Å². The molecule has 2 aliphatic rings. The zero-order valence-corrected chi connectivity index (χ0v) is 20.0. The van der Waals surface area contributed by atoms with Crippen LogP contribution < -0.4 is 4.90 Å². The lowest BCUT2D eigenvalue weighted by molar-refractivity contribution is -0.138. The fourth-order valence-corrected chi connectivity index (χ4v) is 5.87. The summed E-state index contributed by atoms with van der Waals surface area (Å²) in [6.07, 6.45) is 3.81. The van der Waals surface area contributed by atoms with E-state index < -0.39 is 0 Å². The van der Waals surface area contributed by atoms with Crippen molar-refractivity contribution in [1.82, 2.24) is 4.90 Å². The summed E-state index contributed by atoms with van der Waals surface area (Å²) >= 11 is 1.60. The van der Waals surface area contributed by atoms with E-state index in [0.717, 1.165) is 28.1 Å². The van der Waals surface area contributed by atoms with E-state index in [1.165, 1.54) is 5.57 Å². The van der Waals surface area contributed by atoms with Gasteiger partial charge in [0.05, 0.1) is 12.0 Å². The summed E-state index contributed by atoms with van der Waals surface area (Å²) in [5.74, 6) is 0.159. The number of thiophene rings is 1. The summed E-state index contributed by atoms with van der Waals surface area (Å²) in [4.78, 5) is 31.8. The number of amides is 2. The number of benzene rings is 2. The van der Waals surface area contributed by atoms with Gasteiger partial charge < -0.3 is 14.9 Å². The molecule has 2 aliphatic heterocycles.